The SMILES string of the molecule is CC(C)C1CCN(c2nc(Cl)nc(N(C)C)n2)CC1. The molecule has 0 aliphatic carbocycles. The number of nitrogens with zero attached hydrogens (tertiary/aromatic N) is 5. The van der Waals surface area contributed by atoms with Crippen molar-refractivity contribution in [2.75, 3.05) is 37.0 Å². The minimum absolute atomic E-state index is 0.264. The van der Waals surface area contributed by atoms with E-state index >= 15 is 0 Å². The van der Waals surface area contributed by atoms with Gasteiger partial charge in [-0.2, -0.15) is 15.0 Å². The van der Waals surface area contributed by atoms with Crippen LogP contribution in [0.4, 0.5) is 11.9 Å². The highest BCUT2D eigenvalue weighted by Crippen LogP contribution is 2.27. The Kier molecular flexibility index (Phi) is 4.45. The van der Waals surface area contributed by atoms with Crippen molar-refractivity contribution >= 4 is 23.5 Å². The van der Waals surface area contributed by atoms with E-state index in [1.807, 2.05) is 19.0 Å². The van der Waals surface area contributed by atoms with Gasteiger partial charge >= 0.3 is 0 Å². The maximum absolute atomic E-state index is 5.98. The topological polar surface area (TPSA) is 45.2 Å². The van der Waals surface area contributed by atoms with Gasteiger partial charge in [-0.15, -0.1) is 0 Å². The van der Waals surface area contributed by atoms with Crippen LogP contribution in [-0.4, -0.2) is 42.1 Å². The van der Waals surface area contributed by atoms with Crippen molar-refractivity contribution < 1.29 is 0 Å². The molecule has 1 aliphatic heterocycles. The predicted molar refractivity (Wildman–Crippen MR) is 78.9 cm³/mol. The summed E-state index contributed by atoms with van der Waals surface area (Å²) in [4.78, 5) is 16.9. The van der Waals surface area contributed by atoms with Crippen LogP contribution in [0.1, 0.15) is 26.7 Å². The lowest BCUT2D eigenvalue weighted by Crippen LogP contribution is -2.36. The third-order valence-corrected chi connectivity index (χ3v) is 3.92. The number of aromatic nitrogens is 3. The molecule has 0 atom stereocenters. The molecule has 0 spiro atoms. The quantitative estimate of drug-likeness (QED) is 0.853. The summed E-state index contributed by atoms with van der Waals surface area (Å²) in [6.07, 6.45) is 2.39. The van der Waals surface area contributed by atoms with Gasteiger partial charge in [0.25, 0.3) is 0 Å². The van der Waals surface area contributed by atoms with Crippen molar-refractivity contribution in [2.45, 2.75) is 26.7 Å². The third kappa shape index (κ3) is 3.47. The molecule has 1 fully saturated rings. The van der Waals surface area contributed by atoms with E-state index in [1.165, 1.54) is 12.8 Å². The first-order valence-electron chi connectivity index (χ1n) is 6.81. The molecule has 5 nitrogen and oxygen atoms in total. The second-order valence-corrected chi connectivity index (χ2v) is 6.01. The second-order valence-electron chi connectivity index (χ2n) is 5.67. The van der Waals surface area contributed by atoms with E-state index < -0.39 is 0 Å². The van der Waals surface area contributed by atoms with E-state index in [-0.39, 0.29) is 5.28 Å². The Morgan fingerprint density at radius 1 is 1.16 bits per heavy atom. The Morgan fingerprint density at radius 2 is 1.79 bits per heavy atom. The molecule has 1 aliphatic rings. The highest BCUT2D eigenvalue weighted by molar-refractivity contribution is 6.28. The number of piperidine rings is 1. The maximum Gasteiger partial charge on any atom is 0.231 e. The van der Waals surface area contributed by atoms with E-state index in [2.05, 4.69) is 33.7 Å². The lowest BCUT2D eigenvalue weighted by Gasteiger charge is -2.34. The molecule has 2 rings (SSSR count). The summed E-state index contributed by atoms with van der Waals surface area (Å²) in [5.41, 5.74) is 0. The molecule has 0 amide bonds. The van der Waals surface area contributed by atoms with Crippen LogP contribution in [0.15, 0.2) is 0 Å². The number of rotatable bonds is 3. The molecule has 0 bridgehead atoms. The Labute approximate surface area is 120 Å². The summed E-state index contributed by atoms with van der Waals surface area (Å²) in [6.45, 7) is 6.58. The first kappa shape index (κ1) is 14.3. The zero-order valence-corrected chi connectivity index (χ0v) is 12.9. The fraction of sp³-hybridized carbons (Fsp3) is 0.769. The van der Waals surface area contributed by atoms with Gasteiger partial charge in [-0.25, -0.2) is 0 Å². The van der Waals surface area contributed by atoms with Crippen LogP contribution in [0.5, 0.6) is 0 Å². The van der Waals surface area contributed by atoms with Gasteiger partial charge in [0.05, 0.1) is 0 Å². The van der Waals surface area contributed by atoms with Crippen LogP contribution in [0.2, 0.25) is 5.28 Å². The predicted octanol–water partition coefficient (Wildman–Crippen LogP) is 2.46. The fourth-order valence-electron chi connectivity index (χ4n) is 2.44. The van der Waals surface area contributed by atoms with Gasteiger partial charge in [0.15, 0.2) is 0 Å². The smallest absolute Gasteiger partial charge is 0.231 e. The minimum atomic E-state index is 0.264. The van der Waals surface area contributed by atoms with E-state index in [0.29, 0.717) is 11.9 Å². The summed E-state index contributed by atoms with van der Waals surface area (Å²) in [5, 5.41) is 0.264. The third-order valence-electron chi connectivity index (χ3n) is 3.75. The van der Waals surface area contributed by atoms with Crippen molar-refractivity contribution in [3.05, 3.63) is 5.28 Å². The van der Waals surface area contributed by atoms with Gasteiger partial charge in [-0.1, -0.05) is 13.8 Å². The normalized spacial score (nSPS) is 17.1. The summed E-state index contributed by atoms with van der Waals surface area (Å²) < 4.78 is 0. The van der Waals surface area contributed by atoms with Gasteiger partial charge < -0.3 is 9.80 Å². The fourth-order valence-corrected chi connectivity index (χ4v) is 2.59. The average molecular weight is 284 g/mol. The van der Waals surface area contributed by atoms with E-state index in [0.717, 1.165) is 24.9 Å². The Balaban J connectivity index is 2.11. The molecule has 106 valence electrons. The molecular weight excluding hydrogens is 262 g/mol. The van der Waals surface area contributed by atoms with Gasteiger partial charge in [-0.05, 0) is 36.3 Å². The maximum atomic E-state index is 5.98. The van der Waals surface area contributed by atoms with Crippen molar-refractivity contribution in [3.8, 4) is 0 Å². The van der Waals surface area contributed by atoms with Crippen LogP contribution in [-0.2, 0) is 0 Å². The second kappa shape index (κ2) is 5.90. The summed E-state index contributed by atoms with van der Waals surface area (Å²) in [7, 11) is 3.81. The lowest BCUT2D eigenvalue weighted by atomic mass is 9.87. The lowest BCUT2D eigenvalue weighted by molar-refractivity contribution is 0.310. The molecule has 19 heavy (non-hydrogen) atoms. The molecule has 1 aromatic heterocycles. The highest BCUT2D eigenvalue weighted by atomic mass is 35.5. The summed E-state index contributed by atoms with van der Waals surface area (Å²) in [5.74, 6) is 2.87. The Morgan fingerprint density at radius 3 is 2.32 bits per heavy atom. The van der Waals surface area contributed by atoms with Crippen LogP contribution in [0.3, 0.4) is 0 Å². The molecule has 0 aromatic carbocycles. The molecule has 6 heteroatoms. The number of halogens is 1. The highest BCUT2D eigenvalue weighted by Gasteiger charge is 2.23. The Bertz CT molecular complexity index is 427. The van der Waals surface area contributed by atoms with Crippen LogP contribution < -0.4 is 9.80 Å². The number of anilines is 2. The zero-order valence-electron chi connectivity index (χ0n) is 12.1. The standard InChI is InChI=1S/C13H22ClN5/c1-9(2)10-5-7-19(8-6-10)13-16-11(14)15-12(17-13)18(3)4/h9-10H,5-8H2,1-4H3. The van der Waals surface area contributed by atoms with Gasteiger partial charge in [0.2, 0.25) is 17.2 Å². The van der Waals surface area contributed by atoms with Crippen LogP contribution >= 0.6 is 11.6 Å². The monoisotopic (exact) mass is 283 g/mol. The van der Waals surface area contributed by atoms with E-state index in [4.69, 9.17) is 11.6 Å². The van der Waals surface area contributed by atoms with Crippen molar-refractivity contribution in [2.24, 2.45) is 11.8 Å². The number of hydrogen-bond donors (Lipinski definition) is 0. The molecule has 0 radical (unpaired) electrons. The van der Waals surface area contributed by atoms with Crippen molar-refractivity contribution in [1.29, 1.82) is 0 Å². The van der Waals surface area contributed by atoms with Gasteiger partial charge in [0, 0.05) is 27.2 Å². The Hall–Kier alpha value is -1.10. The van der Waals surface area contributed by atoms with Gasteiger partial charge in [0.1, 0.15) is 0 Å². The number of hydrogen-bond acceptors (Lipinski definition) is 5. The molecule has 1 saturated heterocycles. The van der Waals surface area contributed by atoms with Crippen molar-refractivity contribution in [1.82, 2.24) is 15.0 Å². The van der Waals surface area contributed by atoms with E-state index in [9.17, 15) is 0 Å². The van der Waals surface area contributed by atoms with Gasteiger partial charge in [-0.3, -0.25) is 0 Å². The van der Waals surface area contributed by atoms with E-state index in [1.54, 1.807) is 0 Å². The molecular formula is C13H22ClN5. The molecule has 2 heterocycles. The van der Waals surface area contributed by atoms with Crippen LogP contribution in [0, 0.1) is 11.8 Å². The average Bonchev–Trinajstić information content (AvgIpc) is 2.38. The van der Waals surface area contributed by atoms with Crippen molar-refractivity contribution in [3.63, 3.8) is 0 Å². The molecule has 1 aromatic rings. The summed E-state index contributed by atoms with van der Waals surface area (Å²) >= 11 is 5.98. The minimum Gasteiger partial charge on any atom is -0.347 e. The van der Waals surface area contributed by atoms with Crippen LogP contribution in [0.25, 0.3) is 0 Å². The first-order valence-corrected chi connectivity index (χ1v) is 7.19. The molecule has 0 N–H and O–H groups in total. The molecule has 0 saturated carbocycles. The largest absolute Gasteiger partial charge is 0.347 e. The summed E-state index contributed by atoms with van der Waals surface area (Å²) in [6, 6.07) is 0. The first-order chi connectivity index (χ1) is 8.97. The zero-order chi connectivity index (χ0) is 14.0. The molecule has 0 unspecified atom stereocenters.